The number of aromatic nitrogens is 1. The van der Waals surface area contributed by atoms with Crippen molar-refractivity contribution in [3.63, 3.8) is 0 Å². The van der Waals surface area contributed by atoms with Gasteiger partial charge >= 0.3 is 0 Å². The van der Waals surface area contributed by atoms with Gasteiger partial charge in [0.05, 0.1) is 12.7 Å². The predicted octanol–water partition coefficient (Wildman–Crippen LogP) is 2.58. The van der Waals surface area contributed by atoms with Crippen LogP contribution in [0, 0.1) is 5.92 Å². The fraction of sp³-hybridized carbons (Fsp3) is 0.438. The van der Waals surface area contributed by atoms with Crippen LogP contribution in [-0.2, 0) is 4.74 Å². The second-order valence-corrected chi connectivity index (χ2v) is 6.15. The number of benzene rings is 1. The van der Waals surface area contributed by atoms with Crippen LogP contribution in [0.25, 0.3) is 10.9 Å². The Hall–Kier alpha value is -1.56. The Balaban J connectivity index is 1.85. The van der Waals surface area contributed by atoms with Crippen LogP contribution in [-0.4, -0.2) is 41.9 Å². The number of carbonyl (C=O) groups is 1. The number of aliphatic hydroxyl groups is 1. The zero-order valence-electron chi connectivity index (χ0n) is 12.7. The number of amides is 1. The van der Waals surface area contributed by atoms with E-state index in [0.717, 1.165) is 10.9 Å². The summed E-state index contributed by atoms with van der Waals surface area (Å²) in [7, 11) is 0. The SMILES string of the molecule is CC(C)COCC(O)CNC(=O)c1cc2cc(Cl)ccc2[nH]1. The highest BCUT2D eigenvalue weighted by atomic mass is 35.5. The summed E-state index contributed by atoms with van der Waals surface area (Å²) < 4.78 is 5.33. The Morgan fingerprint density at radius 2 is 2.14 bits per heavy atom. The highest BCUT2D eigenvalue weighted by molar-refractivity contribution is 6.31. The summed E-state index contributed by atoms with van der Waals surface area (Å²) in [6.07, 6.45) is -0.721. The third kappa shape index (κ3) is 4.73. The molecule has 1 aromatic heterocycles. The first-order valence-electron chi connectivity index (χ1n) is 7.28. The first kappa shape index (κ1) is 16.8. The molecule has 3 N–H and O–H groups in total. The van der Waals surface area contributed by atoms with Crippen LogP contribution in [0.5, 0.6) is 0 Å². The molecule has 0 aliphatic heterocycles. The number of halogens is 1. The van der Waals surface area contributed by atoms with E-state index >= 15 is 0 Å². The summed E-state index contributed by atoms with van der Waals surface area (Å²) in [4.78, 5) is 15.1. The number of aromatic amines is 1. The molecular formula is C16H21ClN2O3. The highest BCUT2D eigenvalue weighted by Crippen LogP contribution is 2.19. The van der Waals surface area contributed by atoms with E-state index in [0.29, 0.717) is 23.2 Å². The second kappa shape index (κ2) is 7.63. The molecule has 0 fully saturated rings. The summed E-state index contributed by atoms with van der Waals surface area (Å²) in [6.45, 7) is 5.02. The minimum absolute atomic E-state index is 0.146. The molecular weight excluding hydrogens is 304 g/mol. The van der Waals surface area contributed by atoms with Crippen LogP contribution in [0.2, 0.25) is 5.02 Å². The maximum atomic E-state index is 12.1. The van der Waals surface area contributed by atoms with Gasteiger partial charge in [0.1, 0.15) is 5.69 Å². The van der Waals surface area contributed by atoms with Gasteiger partial charge in [0, 0.05) is 29.1 Å². The summed E-state index contributed by atoms with van der Waals surface area (Å²) >= 11 is 5.92. The van der Waals surface area contributed by atoms with Gasteiger partial charge in [-0.05, 0) is 30.2 Å². The number of carbonyl (C=O) groups excluding carboxylic acids is 1. The van der Waals surface area contributed by atoms with Gasteiger partial charge in [0.2, 0.25) is 0 Å². The molecule has 120 valence electrons. The number of aliphatic hydroxyl groups excluding tert-OH is 1. The average molecular weight is 325 g/mol. The number of rotatable bonds is 7. The van der Waals surface area contributed by atoms with Crippen LogP contribution < -0.4 is 5.32 Å². The molecule has 2 rings (SSSR count). The largest absolute Gasteiger partial charge is 0.389 e. The zero-order valence-corrected chi connectivity index (χ0v) is 13.5. The number of hydrogen-bond donors (Lipinski definition) is 3. The number of nitrogens with one attached hydrogen (secondary N) is 2. The van der Waals surface area contributed by atoms with E-state index in [-0.39, 0.29) is 19.1 Å². The zero-order chi connectivity index (χ0) is 16.1. The van der Waals surface area contributed by atoms with E-state index < -0.39 is 6.10 Å². The van der Waals surface area contributed by atoms with E-state index in [4.69, 9.17) is 16.3 Å². The lowest BCUT2D eigenvalue weighted by Crippen LogP contribution is -2.35. The van der Waals surface area contributed by atoms with Crippen LogP contribution in [0.4, 0.5) is 0 Å². The lowest BCUT2D eigenvalue weighted by molar-refractivity contribution is 0.0259. The van der Waals surface area contributed by atoms with Crippen LogP contribution in [0.1, 0.15) is 24.3 Å². The van der Waals surface area contributed by atoms with E-state index in [9.17, 15) is 9.90 Å². The monoisotopic (exact) mass is 324 g/mol. The van der Waals surface area contributed by atoms with Crippen LogP contribution in [0.3, 0.4) is 0 Å². The molecule has 0 saturated carbocycles. The number of fused-ring (bicyclic) bond motifs is 1. The van der Waals surface area contributed by atoms with E-state index in [1.54, 1.807) is 18.2 Å². The van der Waals surface area contributed by atoms with Crippen LogP contribution >= 0.6 is 11.6 Å². The molecule has 1 aromatic carbocycles. The highest BCUT2D eigenvalue weighted by Gasteiger charge is 2.12. The Kier molecular flexibility index (Phi) is 5.83. The number of H-pyrrole nitrogens is 1. The fourth-order valence-corrected chi connectivity index (χ4v) is 2.21. The van der Waals surface area contributed by atoms with Gasteiger partial charge in [-0.2, -0.15) is 0 Å². The molecule has 1 unspecified atom stereocenters. The summed E-state index contributed by atoms with van der Waals surface area (Å²) in [5.41, 5.74) is 1.28. The fourth-order valence-electron chi connectivity index (χ4n) is 2.03. The molecule has 5 nitrogen and oxygen atoms in total. The van der Waals surface area contributed by atoms with Gasteiger partial charge in [-0.3, -0.25) is 4.79 Å². The van der Waals surface area contributed by atoms with Crippen molar-refractivity contribution < 1.29 is 14.6 Å². The lowest BCUT2D eigenvalue weighted by Gasteiger charge is -2.13. The molecule has 0 saturated heterocycles. The van der Waals surface area contributed by atoms with Gasteiger partial charge in [0.25, 0.3) is 5.91 Å². The maximum Gasteiger partial charge on any atom is 0.267 e. The third-order valence-electron chi connectivity index (χ3n) is 3.09. The second-order valence-electron chi connectivity index (χ2n) is 5.71. The van der Waals surface area contributed by atoms with Gasteiger partial charge in [-0.15, -0.1) is 0 Å². The third-order valence-corrected chi connectivity index (χ3v) is 3.32. The van der Waals surface area contributed by atoms with E-state index in [1.165, 1.54) is 0 Å². The van der Waals surface area contributed by atoms with Gasteiger partial charge in [-0.1, -0.05) is 25.4 Å². The van der Waals surface area contributed by atoms with Crippen molar-refractivity contribution in [2.24, 2.45) is 5.92 Å². The van der Waals surface area contributed by atoms with E-state index in [2.05, 4.69) is 10.3 Å². The predicted molar refractivity (Wildman–Crippen MR) is 87.3 cm³/mol. The number of ether oxygens (including phenoxy) is 1. The Bertz CT molecular complexity index is 639. The Labute approximate surface area is 134 Å². The molecule has 2 aromatic rings. The first-order valence-corrected chi connectivity index (χ1v) is 7.66. The van der Waals surface area contributed by atoms with Crippen LogP contribution in [0.15, 0.2) is 24.3 Å². The van der Waals surface area contributed by atoms with Gasteiger partial charge < -0.3 is 20.1 Å². The topological polar surface area (TPSA) is 74.3 Å². The van der Waals surface area contributed by atoms with Gasteiger partial charge in [-0.25, -0.2) is 0 Å². The maximum absolute atomic E-state index is 12.1. The van der Waals surface area contributed by atoms with Gasteiger partial charge in [0.15, 0.2) is 0 Å². The summed E-state index contributed by atoms with van der Waals surface area (Å²) in [5, 5.41) is 13.9. The minimum atomic E-state index is -0.721. The quantitative estimate of drug-likeness (QED) is 0.733. The molecule has 0 aliphatic carbocycles. The molecule has 0 bridgehead atoms. The van der Waals surface area contributed by atoms with Crippen molar-refractivity contribution in [2.75, 3.05) is 19.8 Å². The van der Waals surface area contributed by atoms with E-state index in [1.807, 2.05) is 19.9 Å². The molecule has 0 aliphatic rings. The summed E-state index contributed by atoms with van der Waals surface area (Å²) in [5.74, 6) is 0.148. The molecule has 0 radical (unpaired) electrons. The molecule has 1 amide bonds. The molecule has 6 heteroatoms. The van der Waals surface area contributed by atoms with Crippen molar-refractivity contribution in [3.8, 4) is 0 Å². The molecule has 1 atom stereocenters. The molecule has 22 heavy (non-hydrogen) atoms. The molecule has 0 spiro atoms. The van der Waals surface area contributed by atoms with Crippen molar-refractivity contribution in [1.29, 1.82) is 0 Å². The minimum Gasteiger partial charge on any atom is -0.389 e. The smallest absolute Gasteiger partial charge is 0.267 e. The Morgan fingerprint density at radius 1 is 1.36 bits per heavy atom. The van der Waals surface area contributed by atoms with Crippen molar-refractivity contribution in [3.05, 3.63) is 35.0 Å². The first-order chi connectivity index (χ1) is 10.5. The lowest BCUT2D eigenvalue weighted by atomic mass is 10.2. The summed E-state index contributed by atoms with van der Waals surface area (Å²) in [6, 6.07) is 7.11. The standard InChI is InChI=1S/C16H21ClN2O3/c1-10(2)8-22-9-13(20)7-18-16(21)15-6-11-5-12(17)3-4-14(11)19-15/h3-6,10,13,19-20H,7-9H2,1-2H3,(H,18,21). The van der Waals surface area contributed by atoms with Crippen molar-refractivity contribution in [1.82, 2.24) is 10.3 Å². The molecule has 1 heterocycles. The number of hydrogen-bond acceptors (Lipinski definition) is 3. The van der Waals surface area contributed by atoms with Crippen molar-refractivity contribution in [2.45, 2.75) is 20.0 Å². The normalized spacial score (nSPS) is 12.8. The van der Waals surface area contributed by atoms with Crippen molar-refractivity contribution >= 4 is 28.4 Å². The Morgan fingerprint density at radius 3 is 2.86 bits per heavy atom. The average Bonchev–Trinajstić information content (AvgIpc) is 2.87.